The fourth-order valence-corrected chi connectivity index (χ4v) is 3.16. The molecule has 1 heterocycles. The first-order chi connectivity index (χ1) is 13.8. The van der Waals surface area contributed by atoms with Crippen LogP contribution in [0.1, 0.15) is 12.5 Å². The summed E-state index contributed by atoms with van der Waals surface area (Å²) in [6, 6.07) is 7.12. The molecule has 0 aromatic heterocycles. The molecule has 0 unspecified atom stereocenters. The van der Waals surface area contributed by atoms with Gasteiger partial charge in [-0.05, 0) is 55.0 Å². The van der Waals surface area contributed by atoms with E-state index in [1.165, 1.54) is 25.3 Å². The lowest BCUT2D eigenvalue weighted by molar-refractivity contribution is -0.122. The van der Waals surface area contributed by atoms with E-state index in [0.29, 0.717) is 28.1 Å². The smallest absolute Gasteiger partial charge is 0.335 e. The molecule has 0 atom stereocenters. The summed E-state index contributed by atoms with van der Waals surface area (Å²) >= 11 is 3.37. The minimum absolute atomic E-state index is 0.135. The summed E-state index contributed by atoms with van der Waals surface area (Å²) in [6.45, 7) is 2.20. The van der Waals surface area contributed by atoms with Crippen molar-refractivity contribution in [1.29, 1.82) is 0 Å². The highest BCUT2D eigenvalue weighted by Gasteiger charge is 2.37. The predicted octanol–water partition coefficient (Wildman–Crippen LogP) is 3.66. The van der Waals surface area contributed by atoms with Crippen LogP contribution in [-0.2, 0) is 9.59 Å². The third-order valence-corrected chi connectivity index (χ3v) is 4.76. The summed E-state index contributed by atoms with van der Waals surface area (Å²) in [5, 5.41) is 2.12. The van der Waals surface area contributed by atoms with Crippen LogP contribution in [0.2, 0.25) is 0 Å². The second-order valence-corrected chi connectivity index (χ2v) is 6.75. The second kappa shape index (κ2) is 8.44. The molecule has 7 nitrogen and oxygen atoms in total. The van der Waals surface area contributed by atoms with Gasteiger partial charge in [0.25, 0.3) is 11.8 Å². The van der Waals surface area contributed by atoms with E-state index >= 15 is 0 Å². The van der Waals surface area contributed by atoms with Crippen molar-refractivity contribution in [2.45, 2.75) is 6.92 Å². The number of hydrogen-bond donors (Lipinski definition) is 1. The highest BCUT2D eigenvalue weighted by Crippen LogP contribution is 2.35. The number of nitrogens with zero attached hydrogens (tertiary/aromatic N) is 1. The Labute approximate surface area is 174 Å². The molecule has 2 aromatic rings. The number of methoxy groups -OCH3 is 1. The predicted molar refractivity (Wildman–Crippen MR) is 107 cm³/mol. The normalized spacial score (nSPS) is 15.5. The van der Waals surface area contributed by atoms with Gasteiger partial charge in [0.1, 0.15) is 11.4 Å². The summed E-state index contributed by atoms with van der Waals surface area (Å²) in [5.41, 5.74) is 0.347. The maximum absolute atomic E-state index is 13.2. The summed E-state index contributed by atoms with van der Waals surface area (Å²) in [6.07, 6.45) is 1.34. The zero-order valence-electron chi connectivity index (χ0n) is 15.5. The molecule has 4 amide bonds. The number of carbonyl (C=O) groups excluding carboxylic acids is 3. The summed E-state index contributed by atoms with van der Waals surface area (Å²) in [5.74, 6) is -1.27. The molecule has 150 valence electrons. The molecule has 3 rings (SSSR count). The van der Waals surface area contributed by atoms with Gasteiger partial charge < -0.3 is 9.47 Å². The van der Waals surface area contributed by atoms with Crippen molar-refractivity contribution >= 4 is 45.5 Å². The highest BCUT2D eigenvalue weighted by atomic mass is 79.9. The molecule has 0 radical (unpaired) electrons. The lowest BCUT2D eigenvalue weighted by atomic mass is 10.1. The number of urea groups is 1. The number of barbiturate groups is 1. The van der Waals surface area contributed by atoms with Gasteiger partial charge in [-0.15, -0.1) is 0 Å². The number of nitrogens with one attached hydrogen (secondary N) is 1. The molecule has 0 aliphatic carbocycles. The van der Waals surface area contributed by atoms with E-state index < -0.39 is 23.7 Å². The zero-order valence-corrected chi connectivity index (χ0v) is 17.1. The number of halogens is 2. The van der Waals surface area contributed by atoms with Crippen molar-refractivity contribution in [3.8, 4) is 11.5 Å². The molecule has 1 fully saturated rings. The molecule has 1 saturated heterocycles. The second-order valence-electron chi connectivity index (χ2n) is 5.89. The Morgan fingerprint density at radius 2 is 1.83 bits per heavy atom. The van der Waals surface area contributed by atoms with E-state index in [0.717, 1.165) is 17.0 Å². The molecule has 0 saturated carbocycles. The summed E-state index contributed by atoms with van der Waals surface area (Å²) < 4.78 is 24.5. The minimum atomic E-state index is -0.910. The Morgan fingerprint density at radius 3 is 2.45 bits per heavy atom. The van der Waals surface area contributed by atoms with Crippen molar-refractivity contribution in [2.75, 3.05) is 18.6 Å². The van der Waals surface area contributed by atoms with Crippen LogP contribution in [-0.4, -0.2) is 31.6 Å². The SMILES string of the molecule is CCOc1cc(/C=C2\C(=O)NC(=O)N(c3ccc(F)cc3)C2=O)c(Br)cc1OC. The highest BCUT2D eigenvalue weighted by molar-refractivity contribution is 9.10. The number of carbonyl (C=O) groups is 3. The average molecular weight is 463 g/mol. The number of benzene rings is 2. The molecular formula is C20H16BrFN2O5. The lowest BCUT2D eigenvalue weighted by Crippen LogP contribution is -2.54. The number of amides is 4. The molecular weight excluding hydrogens is 447 g/mol. The van der Waals surface area contributed by atoms with Crippen LogP contribution in [0.15, 0.2) is 46.4 Å². The van der Waals surface area contributed by atoms with Crippen molar-refractivity contribution < 1.29 is 28.2 Å². The Hall–Kier alpha value is -3.20. The van der Waals surface area contributed by atoms with Crippen molar-refractivity contribution in [3.05, 3.63) is 57.8 Å². The first-order valence-corrected chi connectivity index (χ1v) is 9.32. The van der Waals surface area contributed by atoms with Gasteiger partial charge in [0.2, 0.25) is 0 Å². The molecule has 2 aromatic carbocycles. The first-order valence-electron chi connectivity index (χ1n) is 8.53. The zero-order chi connectivity index (χ0) is 21.1. The number of anilines is 1. The van der Waals surface area contributed by atoms with Crippen molar-refractivity contribution in [1.82, 2.24) is 5.32 Å². The van der Waals surface area contributed by atoms with Crippen LogP contribution in [0.25, 0.3) is 6.08 Å². The average Bonchev–Trinajstić information content (AvgIpc) is 2.68. The standard InChI is InChI=1S/C20H16BrFN2O5/c1-3-29-17-9-11(15(21)10-16(17)28-2)8-14-18(25)23-20(27)24(19(14)26)13-6-4-12(22)5-7-13/h4-10H,3H2,1-2H3,(H,23,25,27)/b14-8+. The Balaban J connectivity index is 2.05. The first kappa shape index (κ1) is 20.5. The number of rotatable bonds is 5. The van der Waals surface area contributed by atoms with E-state index in [4.69, 9.17) is 9.47 Å². The van der Waals surface area contributed by atoms with Crippen LogP contribution in [0.4, 0.5) is 14.9 Å². The Morgan fingerprint density at radius 1 is 1.14 bits per heavy atom. The van der Waals surface area contributed by atoms with Crippen LogP contribution < -0.4 is 19.7 Å². The topological polar surface area (TPSA) is 84.9 Å². The molecule has 0 bridgehead atoms. The fourth-order valence-electron chi connectivity index (χ4n) is 2.73. The van der Waals surface area contributed by atoms with Crippen LogP contribution >= 0.6 is 15.9 Å². The number of hydrogen-bond acceptors (Lipinski definition) is 5. The van der Waals surface area contributed by atoms with E-state index in [2.05, 4.69) is 21.2 Å². The van der Waals surface area contributed by atoms with E-state index in [1.54, 1.807) is 12.1 Å². The van der Waals surface area contributed by atoms with Gasteiger partial charge in [0.15, 0.2) is 11.5 Å². The van der Waals surface area contributed by atoms with E-state index in [1.807, 2.05) is 6.92 Å². The maximum Gasteiger partial charge on any atom is 0.335 e. The van der Waals surface area contributed by atoms with Crippen molar-refractivity contribution in [3.63, 3.8) is 0 Å². The third kappa shape index (κ3) is 4.14. The van der Waals surface area contributed by atoms with Gasteiger partial charge in [-0.1, -0.05) is 15.9 Å². The van der Waals surface area contributed by atoms with Gasteiger partial charge in [-0.2, -0.15) is 0 Å². The largest absolute Gasteiger partial charge is 0.493 e. The number of imide groups is 2. The molecule has 1 aliphatic rings. The van der Waals surface area contributed by atoms with Crippen LogP contribution in [0, 0.1) is 5.82 Å². The van der Waals surface area contributed by atoms with E-state index in [9.17, 15) is 18.8 Å². The van der Waals surface area contributed by atoms with Gasteiger partial charge in [0, 0.05) is 4.47 Å². The minimum Gasteiger partial charge on any atom is -0.493 e. The van der Waals surface area contributed by atoms with Gasteiger partial charge in [-0.3, -0.25) is 14.9 Å². The molecule has 9 heteroatoms. The fraction of sp³-hybridized carbons (Fsp3) is 0.150. The van der Waals surface area contributed by atoms with Gasteiger partial charge in [0.05, 0.1) is 19.4 Å². The lowest BCUT2D eigenvalue weighted by Gasteiger charge is -2.26. The Bertz CT molecular complexity index is 1020. The van der Waals surface area contributed by atoms with Crippen molar-refractivity contribution in [2.24, 2.45) is 0 Å². The van der Waals surface area contributed by atoms with Crippen LogP contribution in [0.3, 0.4) is 0 Å². The Kier molecular flexibility index (Phi) is 5.97. The van der Waals surface area contributed by atoms with E-state index in [-0.39, 0.29) is 11.3 Å². The third-order valence-electron chi connectivity index (χ3n) is 4.07. The molecule has 29 heavy (non-hydrogen) atoms. The maximum atomic E-state index is 13.2. The molecule has 0 spiro atoms. The molecule has 1 aliphatic heterocycles. The summed E-state index contributed by atoms with van der Waals surface area (Å²) in [4.78, 5) is 38.2. The number of ether oxygens (including phenoxy) is 2. The quantitative estimate of drug-likeness (QED) is 0.541. The monoisotopic (exact) mass is 462 g/mol. The van der Waals surface area contributed by atoms with Gasteiger partial charge in [-0.25, -0.2) is 14.1 Å². The van der Waals surface area contributed by atoms with Crippen LogP contribution in [0.5, 0.6) is 11.5 Å². The summed E-state index contributed by atoms with van der Waals surface area (Å²) in [7, 11) is 1.49. The molecule has 1 N–H and O–H groups in total. The van der Waals surface area contributed by atoms with Gasteiger partial charge >= 0.3 is 6.03 Å².